The van der Waals surface area contributed by atoms with Crippen LogP contribution in [0.1, 0.15) is 10.4 Å². The normalized spacial score (nSPS) is 9.56. The number of benzene rings is 1. The van der Waals surface area contributed by atoms with E-state index in [1.807, 2.05) is 0 Å². The van der Waals surface area contributed by atoms with Gasteiger partial charge in [0.2, 0.25) is 0 Å². The number of nitro groups is 1. The van der Waals surface area contributed by atoms with E-state index in [1.165, 1.54) is 6.08 Å². The van der Waals surface area contributed by atoms with E-state index < -0.39 is 22.4 Å². The van der Waals surface area contributed by atoms with E-state index in [0.717, 1.165) is 12.1 Å². The zero-order valence-electron chi connectivity index (χ0n) is 8.18. The highest BCUT2D eigenvalue weighted by molar-refractivity contribution is 5.93. The van der Waals surface area contributed by atoms with E-state index in [2.05, 4.69) is 11.3 Å². The number of hydrogen-bond donors (Lipinski definition) is 0. The van der Waals surface area contributed by atoms with Crippen LogP contribution in [0.5, 0.6) is 0 Å². The molecular formula is C10H8FNO4. The van der Waals surface area contributed by atoms with Crippen LogP contribution >= 0.6 is 0 Å². The van der Waals surface area contributed by atoms with E-state index in [0.29, 0.717) is 6.07 Å². The molecule has 1 aromatic carbocycles. The van der Waals surface area contributed by atoms with Crippen LogP contribution < -0.4 is 0 Å². The van der Waals surface area contributed by atoms with Crippen LogP contribution in [-0.4, -0.2) is 17.5 Å². The minimum atomic E-state index is -0.883. The molecule has 0 aliphatic heterocycles. The summed E-state index contributed by atoms with van der Waals surface area (Å²) >= 11 is 0. The van der Waals surface area contributed by atoms with Crippen LogP contribution in [0.2, 0.25) is 0 Å². The number of rotatable bonds is 4. The molecule has 1 rings (SSSR count). The molecule has 0 aliphatic carbocycles. The van der Waals surface area contributed by atoms with Gasteiger partial charge in [0.1, 0.15) is 18.0 Å². The number of carbonyl (C=O) groups excluding carboxylic acids is 1. The predicted molar refractivity (Wildman–Crippen MR) is 53.5 cm³/mol. The summed E-state index contributed by atoms with van der Waals surface area (Å²) in [4.78, 5) is 21.1. The van der Waals surface area contributed by atoms with Crippen LogP contribution in [0.15, 0.2) is 30.9 Å². The topological polar surface area (TPSA) is 69.4 Å². The monoisotopic (exact) mass is 225 g/mol. The van der Waals surface area contributed by atoms with Gasteiger partial charge in [-0.25, -0.2) is 9.18 Å². The SMILES string of the molecule is C=CCOC(=O)c1ccc(F)cc1[N+](=O)[O-]. The van der Waals surface area contributed by atoms with Crippen molar-refractivity contribution in [1.29, 1.82) is 0 Å². The molecule has 0 saturated heterocycles. The molecule has 0 aromatic heterocycles. The van der Waals surface area contributed by atoms with Crippen molar-refractivity contribution in [3.8, 4) is 0 Å². The number of hydrogen-bond acceptors (Lipinski definition) is 4. The molecule has 0 N–H and O–H groups in total. The van der Waals surface area contributed by atoms with Crippen molar-refractivity contribution < 1.29 is 18.8 Å². The first-order valence-electron chi connectivity index (χ1n) is 4.28. The van der Waals surface area contributed by atoms with Gasteiger partial charge in [-0.3, -0.25) is 10.1 Å². The third-order valence-electron chi connectivity index (χ3n) is 1.71. The highest BCUT2D eigenvalue weighted by Crippen LogP contribution is 2.20. The lowest BCUT2D eigenvalue weighted by Gasteiger charge is -2.02. The molecule has 0 aliphatic rings. The summed E-state index contributed by atoms with van der Waals surface area (Å²) in [6.45, 7) is 3.26. The van der Waals surface area contributed by atoms with Crippen LogP contribution in [-0.2, 0) is 4.74 Å². The average Bonchev–Trinajstić information content (AvgIpc) is 2.25. The van der Waals surface area contributed by atoms with Gasteiger partial charge in [-0.2, -0.15) is 0 Å². The fourth-order valence-electron chi connectivity index (χ4n) is 1.04. The number of esters is 1. The largest absolute Gasteiger partial charge is 0.458 e. The Morgan fingerprint density at radius 2 is 2.31 bits per heavy atom. The van der Waals surface area contributed by atoms with Crippen molar-refractivity contribution in [2.45, 2.75) is 0 Å². The molecule has 84 valence electrons. The molecule has 0 unspecified atom stereocenters. The maximum absolute atomic E-state index is 12.8. The summed E-state index contributed by atoms with van der Waals surface area (Å²) in [5.74, 6) is -1.67. The maximum Gasteiger partial charge on any atom is 0.345 e. The van der Waals surface area contributed by atoms with Crippen LogP contribution in [0.4, 0.5) is 10.1 Å². The van der Waals surface area contributed by atoms with Crippen molar-refractivity contribution >= 4 is 11.7 Å². The fourth-order valence-corrected chi connectivity index (χ4v) is 1.04. The van der Waals surface area contributed by atoms with Gasteiger partial charge < -0.3 is 4.74 Å². The maximum atomic E-state index is 12.8. The highest BCUT2D eigenvalue weighted by atomic mass is 19.1. The zero-order valence-corrected chi connectivity index (χ0v) is 8.18. The Bertz CT molecular complexity index is 444. The average molecular weight is 225 g/mol. The van der Waals surface area contributed by atoms with Crippen molar-refractivity contribution in [3.05, 3.63) is 52.3 Å². The second kappa shape index (κ2) is 5.01. The van der Waals surface area contributed by atoms with Crippen LogP contribution in [0, 0.1) is 15.9 Å². The summed E-state index contributed by atoms with van der Waals surface area (Å²) in [7, 11) is 0. The molecule has 0 saturated carbocycles. The van der Waals surface area contributed by atoms with Gasteiger partial charge in [-0.15, -0.1) is 0 Å². The molecule has 6 heteroatoms. The van der Waals surface area contributed by atoms with E-state index in [1.54, 1.807) is 0 Å². The van der Waals surface area contributed by atoms with E-state index in [-0.39, 0.29) is 12.2 Å². The molecule has 0 radical (unpaired) electrons. The summed E-state index contributed by atoms with van der Waals surface area (Å²) in [5.41, 5.74) is -0.901. The minimum Gasteiger partial charge on any atom is -0.458 e. The smallest absolute Gasteiger partial charge is 0.345 e. The van der Waals surface area contributed by atoms with Crippen molar-refractivity contribution in [1.82, 2.24) is 0 Å². The first-order valence-corrected chi connectivity index (χ1v) is 4.28. The predicted octanol–water partition coefficient (Wildman–Crippen LogP) is 2.08. The molecule has 5 nitrogen and oxygen atoms in total. The van der Waals surface area contributed by atoms with Gasteiger partial charge in [0.25, 0.3) is 5.69 Å². The molecule has 16 heavy (non-hydrogen) atoms. The molecule has 0 spiro atoms. The van der Waals surface area contributed by atoms with Crippen LogP contribution in [0.3, 0.4) is 0 Å². The first kappa shape index (κ1) is 11.8. The Balaban J connectivity index is 3.07. The Hall–Kier alpha value is -2.24. The lowest BCUT2D eigenvalue weighted by Crippen LogP contribution is -2.08. The molecule has 0 bridgehead atoms. The van der Waals surface area contributed by atoms with Gasteiger partial charge >= 0.3 is 5.97 Å². The van der Waals surface area contributed by atoms with Crippen molar-refractivity contribution in [2.24, 2.45) is 0 Å². The van der Waals surface area contributed by atoms with E-state index >= 15 is 0 Å². The summed E-state index contributed by atoms with van der Waals surface area (Å²) in [6, 6.07) is 2.64. The lowest BCUT2D eigenvalue weighted by molar-refractivity contribution is -0.385. The van der Waals surface area contributed by atoms with Crippen molar-refractivity contribution in [3.63, 3.8) is 0 Å². The summed E-state index contributed by atoms with van der Waals surface area (Å²) in [6.07, 6.45) is 1.33. The van der Waals surface area contributed by atoms with Crippen LogP contribution in [0.25, 0.3) is 0 Å². The Morgan fingerprint density at radius 1 is 1.62 bits per heavy atom. The van der Waals surface area contributed by atoms with Gasteiger partial charge in [0.15, 0.2) is 0 Å². The number of ether oxygens (including phenoxy) is 1. The minimum absolute atomic E-state index is 0.0621. The summed E-state index contributed by atoms with van der Waals surface area (Å²) in [5, 5.41) is 10.6. The molecular weight excluding hydrogens is 217 g/mol. The molecule has 0 fully saturated rings. The number of nitro benzene ring substituents is 1. The second-order valence-electron chi connectivity index (χ2n) is 2.81. The van der Waals surface area contributed by atoms with E-state index in [9.17, 15) is 19.3 Å². The van der Waals surface area contributed by atoms with E-state index in [4.69, 9.17) is 0 Å². The number of nitrogens with zero attached hydrogens (tertiary/aromatic N) is 1. The quantitative estimate of drug-likeness (QED) is 0.340. The Labute approximate surface area is 90.3 Å². The standard InChI is InChI=1S/C10H8FNO4/c1-2-5-16-10(13)8-4-3-7(11)6-9(8)12(14)15/h2-4,6H,1,5H2. The number of carbonyl (C=O) groups is 1. The first-order chi connectivity index (χ1) is 7.56. The fraction of sp³-hybridized carbons (Fsp3) is 0.100. The third kappa shape index (κ3) is 2.63. The van der Waals surface area contributed by atoms with Gasteiger partial charge in [-0.1, -0.05) is 12.7 Å². The second-order valence-corrected chi connectivity index (χ2v) is 2.81. The molecule has 0 amide bonds. The van der Waals surface area contributed by atoms with Gasteiger partial charge in [-0.05, 0) is 12.1 Å². The van der Waals surface area contributed by atoms with Gasteiger partial charge in [0, 0.05) is 0 Å². The Morgan fingerprint density at radius 3 is 2.88 bits per heavy atom. The highest BCUT2D eigenvalue weighted by Gasteiger charge is 2.21. The van der Waals surface area contributed by atoms with Gasteiger partial charge in [0.05, 0.1) is 11.0 Å². The zero-order chi connectivity index (χ0) is 12.1. The number of halogens is 1. The Kier molecular flexibility index (Phi) is 3.71. The third-order valence-corrected chi connectivity index (χ3v) is 1.71. The molecule has 1 aromatic rings. The molecule has 0 heterocycles. The van der Waals surface area contributed by atoms with Crippen molar-refractivity contribution in [2.75, 3.05) is 6.61 Å². The summed E-state index contributed by atoms with van der Waals surface area (Å²) < 4.78 is 17.4. The molecule has 0 atom stereocenters. The lowest BCUT2D eigenvalue weighted by atomic mass is 10.2.